The van der Waals surface area contributed by atoms with E-state index >= 15 is 0 Å². The Hall–Kier alpha value is -2.29. The van der Waals surface area contributed by atoms with E-state index in [0.717, 1.165) is 6.20 Å². The summed E-state index contributed by atoms with van der Waals surface area (Å²) in [6.45, 7) is 0.276. The lowest BCUT2D eigenvalue weighted by Crippen LogP contribution is -2.10. The lowest BCUT2D eigenvalue weighted by Gasteiger charge is -2.08. The van der Waals surface area contributed by atoms with Crippen LogP contribution in [0.5, 0.6) is 5.75 Å². The molecule has 0 saturated carbocycles. The minimum Gasteiger partial charge on any atom is -0.496 e. The lowest BCUT2D eigenvalue weighted by atomic mass is 10.2. The van der Waals surface area contributed by atoms with Gasteiger partial charge < -0.3 is 4.74 Å². The number of hydrogen-bond donors (Lipinski definition) is 0. The molecule has 0 unspecified atom stereocenters. The van der Waals surface area contributed by atoms with Crippen LogP contribution in [0.15, 0.2) is 30.6 Å². The molecule has 0 fully saturated rings. The molecular weight excluding hydrogens is 313 g/mol. The molecule has 0 N–H and O–H groups in total. The van der Waals surface area contributed by atoms with Crippen LogP contribution in [0, 0.1) is 15.9 Å². The zero-order valence-electron chi connectivity index (χ0n) is 11.8. The molecule has 118 valence electrons. The lowest BCUT2D eigenvalue weighted by molar-refractivity contribution is -0.385. The molecule has 0 aliphatic carbocycles. The van der Waals surface area contributed by atoms with Crippen LogP contribution in [-0.2, 0) is 23.1 Å². The number of nitrogens with zero attached hydrogens (tertiary/aromatic N) is 3. The molecule has 1 heterocycles. The Morgan fingerprint density at radius 1 is 1.50 bits per heavy atom. The number of rotatable bonds is 7. The van der Waals surface area contributed by atoms with Gasteiger partial charge in [0.25, 0.3) is 0 Å². The number of nitro groups is 1. The second kappa shape index (κ2) is 7.12. The molecule has 2 aromatic rings. The third-order valence-electron chi connectivity index (χ3n) is 2.94. The number of benzene rings is 1. The molecule has 0 aliphatic rings. The number of hydrogen-bond acceptors (Lipinski definition) is 5. The maximum Gasteiger partial charge on any atom is 0.306 e. The van der Waals surface area contributed by atoms with Crippen molar-refractivity contribution in [2.24, 2.45) is 0 Å². The molecule has 0 saturated heterocycles. The molecule has 0 bridgehead atoms. The molecule has 0 aliphatic heterocycles. The number of aromatic nitrogens is 2. The number of ether oxygens (including phenoxy) is 1. The average Bonchev–Trinajstić information content (AvgIpc) is 2.94. The predicted molar refractivity (Wildman–Crippen MR) is 78.5 cm³/mol. The van der Waals surface area contributed by atoms with E-state index in [0.29, 0.717) is 11.3 Å². The summed E-state index contributed by atoms with van der Waals surface area (Å²) in [5.74, 6) is 0.447. The van der Waals surface area contributed by atoms with Crippen LogP contribution in [-0.4, -0.2) is 31.8 Å². The van der Waals surface area contributed by atoms with Gasteiger partial charge in [-0.3, -0.25) is 19.0 Å². The van der Waals surface area contributed by atoms with Gasteiger partial charge in [-0.15, -0.1) is 0 Å². The monoisotopic (exact) mass is 327 g/mol. The zero-order valence-corrected chi connectivity index (χ0v) is 12.6. The summed E-state index contributed by atoms with van der Waals surface area (Å²) < 4.78 is 31.8. The van der Waals surface area contributed by atoms with Gasteiger partial charge in [0.2, 0.25) is 0 Å². The van der Waals surface area contributed by atoms with Crippen molar-refractivity contribution in [2.45, 2.75) is 12.3 Å². The van der Waals surface area contributed by atoms with E-state index in [-0.39, 0.29) is 23.7 Å². The topological polar surface area (TPSA) is 87.3 Å². The van der Waals surface area contributed by atoms with Crippen molar-refractivity contribution >= 4 is 16.5 Å². The van der Waals surface area contributed by atoms with Crippen molar-refractivity contribution in [2.75, 3.05) is 12.9 Å². The van der Waals surface area contributed by atoms with Crippen molar-refractivity contribution in [3.63, 3.8) is 0 Å². The summed E-state index contributed by atoms with van der Waals surface area (Å²) in [5.41, 5.74) is 0.407. The van der Waals surface area contributed by atoms with E-state index in [1.54, 1.807) is 0 Å². The molecule has 1 aromatic heterocycles. The molecule has 0 amide bonds. The molecule has 0 spiro atoms. The van der Waals surface area contributed by atoms with Gasteiger partial charge >= 0.3 is 5.69 Å². The van der Waals surface area contributed by atoms with Crippen LogP contribution in [0.1, 0.15) is 5.56 Å². The SMILES string of the molecule is COc1ccc(F)cc1C[S@@](=O)CCn1cc([N+](=O)[O-])cn1. The first kappa shape index (κ1) is 16.1. The smallest absolute Gasteiger partial charge is 0.306 e. The highest BCUT2D eigenvalue weighted by atomic mass is 32.2. The zero-order chi connectivity index (χ0) is 16.1. The molecule has 1 aromatic carbocycles. The Balaban J connectivity index is 1.95. The maximum absolute atomic E-state index is 13.2. The van der Waals surface area contributed by atoms with Crippen molar-refractivity contribution in [3.8, 4) is 5.75 Å². The van der Waals surface area contributed by atoms with Crippen LogP contribution in [0.2, 0.25) is 0 Å². The molecule has 0 radical (unpaired) electrons. The molecule has 2 rings (SSSR count). The summed E-state index contributed by atoms with van der Waals surface area (Å²) in [7, 11) is 0.190. The standard InChI is InChI=1S/C13H14FN3O4S/c1-21-13-3-2-11(14)6-10(13)9-22(20)5-4-16-8-12(7-15-16)17(18)19/h2-3,6-8H,4-5,9H2,1H3/t22-/m0/s1. The quantitative estimate of drug-likeness (QED) is 0.572. The summed E-state index contributed by atoms with van der Waals surface area (Å²) in [6, 6.07) is 4.04. The predicted octanol–water partition coefficient (Wildman–Crippen LogP) is 1.89. The Labute approximate surface area is 128 Å². The second-order valence-corrected chi connectivity index (χ2v) is 6.04. The molecule has 1 atom stereocenters. The second-order valence-electron chi connectivity index (χ2n) is 4.46. The van der Waals surface area contributed by atoms with E-state index in [1.807, 2.05) is 0 Å². The number of halogens is 1. The van der Waals surface area contributed by atoms with Gasteiger partial charge in [0.1, 0.15) is 24.0 Å². The molecule has 9 heteroatoms. The van der Waals surface area contributed by atoms with Gasteiger partial charge in [0, 0.05) is 22.1 Å². The van der Waals surface area contributed by atoms with Crippen LogP contribution in [0.4, 0.5) is 10.1 Å². The summed E-state index contributed by atoms with van der Waals surface area (Å²) in [4.78, 5) is 10.00. The largest absolute Gasteiger partial charge is 0.496 e. The van der Waals surface area contributed by atoms with E-state index < -0.39 is 21.5 Å². The number of aryl methyl sites for hydroxylation is 1. The first-order chi connectivity index (χ1) is 10.5. The molecule has 7 nitrogen and oxygen atoms in total. The van der Waals surface area contributed by atoms with Gasteiger partial charge in [-0.2, -0.15) is 5.10 Å². The van der Waals surface area contributed by atoms with E-state index in [2.05, 4.69) is 5.10 Å². The van der Waals surface area contributed by atoms with Gasteiger partial charge in [-0.25, -0.2) is 4.39 Å². The fourth-order valence-electron chi connectivity index (χ4n) is 1.87. The average molecular weight is 327 g/mol. The minimum absolute atomic E-state index is 0.113. The minimum atomic E-state index is -1.27. The van der Waals surface area contributed by atoms with Crippen LogP contribution >= 0.6 is 0 Å². The van der Waals surface area contributed by atoms with Gasteiger partial charge in [0.05, 0.1) is 24.3 Å². The Kier molecular flexibility index (Phi) is 5.21. The Morgan fingerprint density at radius 2 is 2.27 bits per heavy atom. The third-order valence-corrected chi connectivity index (χ3v) is 4.21. The summed E-state index contributed by atoms with van der Waals surface area (Å²) >= 11 is 0. The van der Waals surface area contributed by atoms with Crippen LogP contribution < -0.4 is 4.74 Å². The molecule has 22 heavy (non-hydrogen) atoms. The van der Waals surface area contributed by atoms with Crippen molar-refractivity contribution in [3.05, 3.63) is 52.1 Å². The first-order valence-electron chi connectivity index (χ1n) is 6.34. The highest BCUT2D eigenvalue weighted by Gasteiger charge is 2.11. The van der Waals surface area contributed by atoms with Crippen molar-refractivity contribution in [1.29, 1.82) is 0 Å². The molecular formula is C13H14FN3O4S. The third kappa shape index (κ3) is 4.10. The highest BCUT2D eigenvalue weighted by Crippen LogP contribution is 2.21. The van der Waals surface area contributed by atoms with Crippen LogP contribution in [0.3, 0.4) is 0 Å². The van der Waals surface area contributed by atoms with Crippen molar-refractivity contribution < 1.29 is 18.3 Å². The Bertz CT molecular complexity index is 704. The van der Waals surface area contributed by atoms with Crippen molar-refractivity contribution in [1.82, 2.24) is 9.78 Å². The summed E-state index contributed by atoms with van der Waals surface area (Å²) in [5, 5.41) is 14.4. The van der Waals surface area contributed by atoms with E-state index in [4.69, 9.17) is 4.74 Å². The van der Waals surface area contributed by atoms with Gasteiger partial charge in [0.15, 0.2) is 0 Å². The fraction of sp³-hybridized carbons (Fsp3) is 0.308. The Morgan fingerprint density at radius 3 is 2.91 bits per heavy atom. The fourth-order valence-corrected chi connectivity index (χ4v) is 2.98. The normalized spacial score (nSPS) is 12.1. The highest BCUT2D eigenvalue weighted by molar-refractivity contribution is 7.84. The van der Waals surface area contributed by atoms with E-state index in [1.165, 1.54) is 36.2 Å². The number of methoxy groups -OCH3 is 1. The van der Waals surface area contributed by atoms with E-state index in [9.17, 15) is 18.7 Å². The van der Waals surface area contributed by atoms with Crippen LogP contribution in [0.25, 0.3) is 0 Å². The van der Waals surface area contributed by atoms with Gasteiger partial charge in [-0.05, 0) is 18.2 Å². The first-order valence-corrected chi connectivity index (χ1v) is 7.82. The van der Waals surface area contributed by atoms with Gasteiger partial charge in [-0.1, -0.05) is 0 Å². The summed E-state index contributed by atoms with van der Waals surface area (Å²) in [6.07, 6.45) is 2.42. The maximum atomic E-state index is 13.2.